The molecule has 3 heterocycles. The van der Waals surface area contributed by atoms with Gasteiger partial charge in [0.25, 0.3) is 0 Å². The molecule has 4 nitrogen and oxygen atoms in total. The highest BCUT2D eigenvalue weighted by Gasteiger charge is 2.24. The van der Waals surface area contributed by atoms with Crippen LogP contribution in [0.15, 0.2) is 29.9 Å². The third kappa shape index (κ3) is 3.06. The molecule has 1 unspecified atom stereocenters. The van der Waals surface area contributed by atoms with E-state index in [1.807, 2.05) is 18.5 Å². The van der Waals surface area contributed by atoms with Gasteiger partial charge in [-0.1, -0.05) is 13.0 Å². The van der Waals surface area contributed by atoms with Crippen LogP contribution >= 0.6 is 11.3 Å². The van der Waals surface area contributed by atoms with Gasteiger partial charge < -0.3 is 5.32 Å². The minimum atomic E-state index is 0.393. The molecule has 0 radical (unpaired) electrons. The Morgan fingerprint density at radius 3 is 3.20 bits per heavy atom. The van der Waals surface area contributed by atoms with E-state index in [-0.39, 0.29) is 0 Å². The lowest BCUT2D eigenvalue weighted by atomic mass is 10.1. The summed E-state index contributed by atoms with van der Waals surface area (Å²) in [5.74, 6) is 0. The molecule has 2 aromatic heterocycles. The number of hydrogen-bond donors (Lipinski definition) is 1. The van der Waals surface area contributed by atoms with Gasteiger partial charge in [0.2, 0.25) is 0 Å². The lowest BCUT2D eigenvalue weighted by Gasteiger charge is -2.35. The third-order valence-electron chi connectivity index (χ3n) is 3.69. The van der Waals surface area contributed by atoms with Gasteiger partial charge in [0.15, 0.2) is 0 Å². The van der Waals surface area contributed by atoms with Gasteiger partial charge in [-0.05, 0) is 18.1 Å². The van der Waals surface area contributed by atoms with Crippen LogP contribution in [0.1, 0.15) is 29.2 Å². The Morgan fingerprint density at radius 2 is 2.45 bits per heavy atom. The van der Waals surface area contributed by atoms with E-state index in [2.05, 4.69) is 33.6 Å². The molecule has 20 heavy (non-hydrogen) atoms. The van der Waals surface area contributed by atoms with E-state index >= 15 is 0 Å². The van der Waals surface area contributed by atoms with Crippen LogP contribution in [0.3, 0.4) is 0 Å². The zero-order chi connectivity index (χ0) is 13.8. The number of nitrogens with zero attached hydrogens (tertiary/aromatic N) is 3. The summed E-state index contributed by atoms with van der Waals surface area (Å²) in [5, 5.41) is 6.90. The first kappa shape index (κ1) is 13.7. The van der Waals surface area contributed by atoms with Gasteiger partial charge >= 0.3 is 0 Å². The average molecular weight is 288 g/mol. The number of aromatic nitrogens is 2. The second-order valence-electron chi connectivity index (χ2n) is 5.06. The Bertz CT molecular complexity index is 540. The largest absolute Gasteiger partial charge is 0.314 e. The van der Waals surface area contributed by atoms with Crippen molar-refractivity contribution in [2.75, 3.05) is 19.6 Å². The number of rotatable bonds is 4. The number of hydrogen-bond acceptors (Lipinski definition) is 5. The van der Waals surface area contributed by atoms with E-state index in [9.17, 15) is 0 Å². The van der Waals surface area contributed by atoms with Crippen molar-refractivity contribution in [3.63, 3.8) is 0 Å². The molecule has 0 aromatic carbocycles. The summed E-state index contributed by atoms with van der Waals surface area (Å²) in [5.41, 5.74) is 2.48. The van der Waals surface area contributed by atoms with Crippen molar-refractivity contribution >= 4 is 11.3 Å². The van der Waals surface area contributed by atoms with Gasteiger partial charge in [0.05, 0.1) is 10.7 Å². The average Bonchev–Trinajstić information content (AvgIpc) is 2.96. The van der Waals surface area contributed by atoms with E-state index in [0.717, 1.165) is 32.6 Å². The van der Waals surface area contributed by atoms with Crippen LogP contribution in [0.4, 0.5) is 0 Å². The van der Waals surface area contributed by atoms with Crippen LogP contribution in [-0.4, -0.2) is 34.5 Å². The Hall–Kier alpha value is -1.30. The minimum Gasteiger partial charge on any atom is -0.314 e. The summed E-state index contributed by atoms with van der Waals surface area (Å²) in [6.45, 7) is 6.17. The van der Waals surface area contributed by atoms with Crippen molar-refractivity contribution < 1.29 is 0 Å². The van der Waals surface area contributed by atoms with Crippen molar-refractivity contribution in [2.24, 2.45) is 0 Å². The number of aryl methyl sites for hydroxylation is 1. The van der Waals surface area contributed by atoms with E-state index in [1.54, 1.807) is 11.3 Å². The normalized spacial score (nSPS) is 20.1. The standard InChI is InChI=1S/C15H20N4S/c1-2-15-18-13(11-20-15)10-19-7-6-17-9-14(19)12-4-3-5-16-8-12/h3-5,8,11,14,17H,2,6-7,9-10H2,1H3. The number of piperazine rings is 1. The van der Waals surface area contributed by atoms with Gasteiger partial charge in [0.1, 0.15) is 0 Å². The molecule has 1 aliphatic rings. The van der Waals surface area contributed by atoms with Crippen LogP contribution in [0.5, 0.6) is 0 Å². The van der Waals surface area contributed by atoms with Gasteiger partial charge in [-0.15, -0.1) is 11.3 Å². The Morgan fingerprint density at radius 1 is 1.50 bits per heavy atom. The first-order valence-electron chi connectivity index (χ1n) is 7.15. The smallest absolute Gasteiger partial charge is 0.0926 e. The maximum atomic E-state index is 4.69. The second-order valence-corrected chi connectivity index (χ2v) is 6.01. The molecule has 1 atom stereocenters. The van der Waals surface area contributed by atoms with Crippen LogP contribution in [0, 0.1) is 0 Å². The number of pyridine rings is 1. The molecular weight excluding hydrogens is 268 g/mol. The molecule has 3 rings (SSSR count). The molecule has 1 aliphatic heterocycles. The lowest BCUT2D eigenvalue weighted by Crippen LogP contribution is -2.45. The number of thiazole rings is 1. The second kappa shape index (κ2) is 6.43. The Labute approximate surface area is 123 Å². The SMILES string of the molecule is CCc1nc(CN2CCNCC2c2cccnc2)cs1. The fraction of sp³-hybridized carbons (Fsp3) is 0.467. The van der Waals surface area contributed by atoms with Gasteiger partial charge in [0, 0.05) is 50.0 Å². The highest BCUT2D eigenvalue weighted by Crippen LogP contribution is 2.24. The third-order valence-corrected chi connectivity index (χ3v) is 4.73. The summed E-state index contributed by atoms with van der Waals surface area (Å²) >= 11 is 1.77. The summed E-state index contributed by atoms with van der Waals surface area (Å²) in [6, 6.07) is 4.57. The maximum absolute atomic E-state index is 4.69. The predicted molar refractivity (Wildman–Crippen MR) is 81.7 cm³/mol. The monoisotopic (exact) mass is 288 g/mol. The molecule has 2 aromatic rings. The summed E-state index contributed by atoms with van der Waals surface area (Å²) in [7, 11) is 0. The summed E-state index contributed by atoms with van der Waals surface area (Å²) < 4.78 is 0. The molecule has 1 fully saturated rings. The van der Waals surface area contributed by atoms with Gasteiger partial charge in [-0.3, -0.25) is 9.88 Å². The highest BCUT2D eigenvalue weighted by molar-refractivity contribution is 7.09. The van der Waals surface area contributed by atoms with Crippen molar-refractivity contribution in [1.29, 1.82) is 0 Å². The highest BCUT2D eigenvalue weighted by atomic mass is 32.1. The predicted octanol–water partition coefficient (Wildman–Crippen LogP) is 2.25. The minimum absolute atomic E-state index is 0.393. The molecular formula is C15H20N4S. The molecule has 0 spiro atoms. The molecule has 0 aliphatic carbocycles. The molecule has 1 N–H and O–H groups in total. The first-order chi connectivity index (χ1) is 9.86. The molecule has 1 saturated heterocycles. The summed E-state index contributed by atoms with van der Waals surface area (Å²) in [6.07, 6.45) is 4.83. The zero-order valence-electron chi connectivity index (χ0n) is 11.7. The van der Waals surface area contributed by atoms with E-state index in [0.29, 0.717) is 6.04 Å². The van der Waals surface area contributed by atoms with E-state index in [1.165, 1.54) is 16.3 Å². The first-order valence-corrected chi connectivity index (χ1v) is 8.02. The van der Waals surface area contributed by atoms with Crippen LogP contribution in [0.25, 0.3) is 0 Å². The molecule has 0 saturated carbocycles. The van der Waals surface area contributed by atoms with E-state index < -0.39 is 0 Å². The maximum Gasteiger partial charge on any atom is 0.0926 e. The summed E-state index contributed by atoms with van der Waals surface area (Å²) in [4.78, 5) is 11.4. The fourth-order valence-corrected chi connectivity index (χ4v) is 3.37. The topological polar surface area (TPSA) is 41.1 Å². The molecule has 5 heteroatoms. The molecule has 106 valence electrons. The van der Waals surface area contributed by atoms with Crippen molar-refractivity contribution in [1.82, 2.24) is 20.2 Å². The van der Waals surface area contributed by atoms with Crippen LogP contribution in [0.2, 0.25) is 0 Å². The number of nitrogens with one attached hydrogen (secondary N) is 1. The Kier molecular flexibility index (Phi) is 4.40. The van der Waals surface area contributed by atoms with Gasteiger partial charge in [-0.2, -0.15) is 0 Å². The van der Waals surface area contributed by atoms with Crippen molar-refractivity contribution in [3.05, 3.63) is 46.2 Å². The van der Waals surface area contributed by atoms with Crippen LogP contribution in [-0.2, 0) is 13.0 Å². The zero-order valence-corrected chi connectivity index (χ0v) is 12.6. The molecule has 0 amide bonds. The van der Waals surface area contributed by atoms with Crippen LogP contribution < -0.4 is 5.32 Å². The lowest BCUT2D eigenvalue weighted by molar-refractivity contribution is 0.152. The van der Waals surface area contributed by atoms with Crippen molar-refractivity contribution in [3.8, 4) is 0 Å². The van der Waals surface area contributed by atoms with E-state index in [4.69, 9.17) is 4.98 Å². The fourth-order valence-electron chi connectivity index (χ4n) is 2.63. The van der Waals surface area contributed by atoms with Crippen molar-refractivity contribution in [2.45, 2.75) is 25.9 Å². The van der Waals surface area contributed by atoms with Gasteiger partial charge in [-0.25, -0.2) is 4.98 Å². The molecule has 0 bridgehead atoms. The quantitative estimate of drug-likeness (QED) is 0.937. The Balaban J connectivity index is 1.75.